The van der Waals surface area contributed by atoms with Crippen LogP contribution in [0.2, 0.25) is 0 Å². The molecule has 1 N–H and O–H groups in total. The SMILES string of the molecule is CCOC(C(=O)O)c1ccccc1CC. The molecule has 15 heavy (non-hydrogen) atoms. The molecule has 1 atom stereocenters. The summed E-state index contributed by atoms with van der Waals surface area (Å²) in [7, 11) is 0. The number of carboxylic acid groups (broad SMARTS) is 1. The molecule has 0 aliphatic heterocycles. The molecule has 3 nitrogen and oxygen atoms in total. The number of carbonyl (C=O) groups is 1. The maximum Gasteiger partial charge on any atom is 0.337 e. The quantitative estimate of drug-likeness (QED) is 0.808. The third kappa shape index (κ3) is 2.80. The van der Waals surface area contributed by atoms with Crippen molar-refractivity contribution in [1.29, 1.82) is 0 Å². The lowest BCUT2D eigenvalue weighted by Crippen LogP contribution is -2.16. The number of rotatable bonds is 5. The second kappa shape index (κ2) is 5.51. The van der Waals surface area contributed by atoms with Gasteiger partial charge in [-0.25, -0.2) is 4.79 Å². The van der Waals surface area contributed by atoms with Crippen molar-refractivity contribution in [3.8, 4) is 0 Å². The van der Waals surface area contributed by atoms with Crippen molar-refractivity contribution in [3.05, 3.63) is 35.4 Å². The molecule has 82 valence electrons. The molecule has 3 heteroatoms. The fourth-order valence-corrected chi connectivity index (χ4v) is 1.57. The number of carboxylic acids is 1. The van der Waals surface area contributed by atoms with Gasteiger partial charge in [0.2, 0.25) is 0 Å². The maximum absolute atomic E-state index is 11.0. The van der Waals surface area contributed by atoms with Crippen molar-refractivity contribution in [3.63, 3.8) is 0 Å². The summed E-state index contributed by atoms with van der Waals surface area (Å²) in [6.45, 7) is 4.20. The average Bonchev–Trinajstić information content (AvgIpc) is 2.25. The molecule has 1 aromatic carbocycles. The Hall–Kier alpha value is -1.35. The van der Waals surface area contributed by atoms with Crippen LogP contribution in [0.3, 0.4) is 0 Å². The summed E-state index contributed by atoms with van der Waals surface area (Å²) in [6.07, 6.45) is -0.0290. The van der Waals surface area contributed by atoms with E-state index in [1.54, 1.807) is 6.92 Å². The Morgan fingerprint density at radius 1 is 1.40 bits per heavy atom. The van der Waals surface area contributed by atoms with E-state index in [9.17, 15) is 4.79 Å². The van der Waals surface area contributed by atoms with Crippen molar-refractivity contribution >= 4 is 5.97 Å². The van der Waals surface area contributed by atoms with Crippen LogP contribution in [0.4, 0.5) is 0 Å². The number of aliphatic carboxylic acids is 1. The number of hydrogen-bond acceptors (Lipinski definition) is 2. The van der Waals surface area contributed by atoms with Gasteiger partial charge in [-0.15, -0.1) is 0 Å². The molecule has 0 radical (unpaired) electrons. The van der Waals surface area contributed by atoms with Crippen molar-refractivity contribution in [2.45, 2.75) is 26.4 Å². The van der Waals surface area contributed by atoms with Crippen LogP contribution in [0.1, 0.15) is 31.1 Å². The molecule has 0 aliphatic rings. The van der Waals surface area contributed by atoms with Crippen LogP contribution in [-0.4, -0.2) is 17.7 Å². The summed E-state index contributed by atoms with van der Waals surface area (Å²) in [4.78, 5) is 11.0. The predicted molar refractivity (Wildman–Crippen MR) is 57.8 cm³/mol. The summed E-state index contributed by atoms with van der Waals surface area (Å²) in [5.41, 5.74) is 1.78. The first-order valence-electron chi connectivity index (χ1n) is 5.12. The molecule has 0 fully saturated rings. The van der Waals surface area contributed by atoms with Gasteiger partial charge in [-0.3, -0.25) is 0 Å². The number of benzene rings is 1. The number of aryl methyl sites for hydroxylation is 1. The van der Waals surface area contributed by atoms with Crippen LogP contribution in [0.5, 0.6) is 0 Å². The van der Waals surface area contributed by atoms with Gasteiger partial charge >= 0.3 is 5.97 Å². The van der Waals surface area contributed by atoms with E-state index >= 15 is 0 Å². The molecular formula is C12H16O3. The van der Waals surface area contributed by atoms with Gasteiger partial charge in [0, 0.05) is 6.61 Å². The van der Waals surface area contributed by atoms with E-state index in [1.165, 1.54) is 0 Å². The lowest BCUT2D eigenvalue weighted by atomic mass is 10.0. The molecule has 0 aliphatic carbocycles. The topological polar surface area (TPSA) is 46.5 Å². The summed E-state index contributed by atoms with van der Waals surface area (Å²) in [5, 5.41) is 9.05. The predicted octanol–water partition coefficient (Wildman–Crippen LogP) is 2.41. The van der Waals surface area contributed by atoms with Gasteiger partial charge in [-0.05, 0) is 24.5 Å². The van der Waals surface area contributed by atoms with Gasteiger partial charge in [0.05, 0.1) is 0 Å². The van der Waals surface area contributed by atoms with Crippen LogP contribution >= 0.6 is 0 Å². The summed E-state index contributed by atoms with van der Waals surface area (Å²) in [6, 6.07) is 7.49. The molecule has 0 saturated heterocycles. The smallest absolute Gasteiger partial charge is 0.337 e. The van der Waals surface area contributed by atoms with E-state index in [0.717, 1.165) is 17.5 Å². The highest BCUT2D eigenvalue weighted by molar-refractivity contribution is 5.75. The van der Waals surface area contributed by atoms with E-state index in [-0.39, 0.29) is 0 Å². The second-order valence-corrected chi connectivity index (χ2v) is 3.23. The Bertz CT molecular complexity index is 333. The largest absolute Gasteiger partial charge is 0.479 e. The van der Waals surface area contributed by atoms with E-state index in [4.69, 9.17) is 9.84 Å². The molecule has 0 bridgehead atoms. The zero-order valence-electron chi connectivity index (χ0n) is 9.06. The minimum atomic E-state index is -0.933. The standard InChI is InChI=1S/C12H16O3/c1-3-9-7-5-6-8-10(9)11(12(13)14)15-4-2/h5-8,11H,3-4H2,1-2H3,(H,13,14). The van der Waals surface area contributed by atoms with E-state index < -0.39 is 12.1 Å². The van der Waals surface area contributed by atoms with Gasteiger partial charge in [-0.2, -0.15) is 0 Å². The normalized spacial score (nSPS) is 12.4. The Balaban J connectivity index is 3.04. The van der Waals surface area contributed by atoms with Crippen molar-refractivity contribution in [2.75, 3.05) is 6.61 Å². The fourth-order valence-electron chi connectivity index (χ4n) is 1.57. The van der Waals surface area contributed by atoms with Crippen molar-refractivity contribution in [1.82, 2.24) is 0 Å². The van der Waals surface area contributed by atoms with E-state index in [0.29, 0.717) is 6.61 Å². The zero-order valence-corrected chi connectivity index (χ0v) is 9.06. The third-order valence-corrected chi connectivity index (χ3v) is 2.28. The first-order chi connectivity index (χ1) is 7.20. The lowest BCUT2D eigenvalue weighted by molar-refractivity contribution is -0.150. The molecule has 1 aromatic rings. The van der Waals surface area contributed by atoms with Crippen LogP contribution in [0.25, 0.3) is 0 Å². The second-order valence-electron chi connectivity index (χ2n) is 3.23. The Morgan fingerprint density at radius 2 is 2.07 bits per heavy atom. The van der Waals surface area contributed by atoms with E-state index in [2.05, 4.69) is 0 Å². The van der Waals surface area contributed by atoms with Crippen LogP contribution in [0, 0.1) is 0 Å². The molecule has 1 unspecified atom stereocenters. The average molecular weight is 208 g/mol. The highest BCUT2D eigenvalue weighted by Gasteiger charge is 2.21. The fraction of sp³-hybridized carbons (Fsp3) is 0.417. The van der Waals surface area contributed by atoms with Gasteiger partial charge in [0.25, 0.3) is 0 Å². The Morgan fingerprint density at radius 3 is 2.60 bits per heavy atom. The van der Waals surface area contributed by atoms with E-state index in [1.807, 2.05) is 31.2 Å². The van der Waals surface area contributed by atoms with Gasteiger partial charge in [0.1, 0.15) is 0 Å². The lowest BCUT2D eigenvalue weighted by Gasteiger charge is -2.15. The monoisotopic (exact) mass is 208 g/mol. The molecular weight excluding hydrogens is 192 g/mol. The van der Waals surface area contributed by atoms with Gasteiger partial charge in [-0.1, -0.05) is 31.2 Å². The minimum absolute atomic E-state index is 0.398. The number of hydrogen-bond donors (Lipinski definition) is 1. The summed E-state index contributed by atoms with van der Waals surface area (Å²) in [5.74, 6) is -0.933. The van der Waals surface area contributed by atoms with Crippen LogP contribution in [-0.2, 0) is 16.0 Å². The van der Waals surface area contributed by atoms with Crippen molar-refractivity contribution in [2.24, 2.45) is 0 Å². The Kier molecular flexibility index (Phi) is 4.31. The molecule has 0 aromatic heterocycles. The highest BCUT2D eigenvalue weighted by Crippen LogP contribution is 2.22. The summed E-state index contributed by atoms with van der Waals surface area (Å²) >= 11 is 0. The van der Waals surface area contributed by atoms with Gasteiger partial charge < -0.3 is 9.84 Å². The molecule has 1 rings (SSSR count). The molecule has 0 amide bonds. The van der Waals surface area contributed by atoms with Crippen LogP contribution in [0.15, 0.2) is 24.3 Å². The maximum atomic E-state index is 11.0. The molecule has 0 saturated carbocycles. The van der Waals surface area contributed by atoms with Crippen molar-refractivity contribution < 1.29 is 14.6 Å². The number of ether oxygens (including phenoxy) is 1. The highest BCUT2D eigenvalue weighted by atomic mass is 16.5. The Labute approximate surface area is 89.7 Å². The first-order valence-corrected chi connectivity index (χ1v) is 5.12. The first kappa shape index (κ1) is 11.7. The minimum Gasteiger partial charge on any atom is -0.479 e. The zero-order chi connectivity index (χ0) is 11.3. The van der Waals surface area contributed by atoms with Gasteiger partial charge in [0.15, 0.2) is 6.10 Å². The molecule has 0 heterocycles. The van der Waals surface area contributed by atoms with Crippen LogP contribution < -0.4 is 0 Å². The molecule has 0 spiro atoms. The third-order valence-electron chi connectivity index (χ3n) is 2.28. The summed E-state index contributed by atoms with van der Waals surface area (Å²) < 4.78 is 5.23.